The van der Waals surface area contributed by atoms with Crippen molar-refractivity contribution in [2.45, 2.75) is 5.33 Å². The molecule has 3 rings (SSSR count). The fraction of sp³-hybridized carbons (Fsp3) is 0.0714. The molecule has 5 heteroatoms. The Morgan fingerprint density at radius 3 is 2.37 bits per heavy atom. The normalized spacial score (nSPS) is 10.6. The highest BCUT2D eigenvalue weighted by molar-refractivity contribution is 9.08. The number of rotatable bonds is 3. The maximum atomic E-state index is 4.39. The van der Waals surface area contributed by atoms with Crippen LogP contribution < -0.4 is 0 Å². The van der Waals surface area contributed by atoms with Crippen LogP contribution in [0, 0.1) is 0 Å². The summed E-state index contributed by atoms with van der Waals surface area (Å²) in [5, 5.41) is 13.4. The van der Waals surface area contributed by atoms with Gasteiger partial charge in [0, 0.05) is 10.9 Å². The van der Waals surface area contributed by atoms with Crippen LogP contribution in [0.2, 0.25) is 0 Å². The van der Waals surface area contributed by atoms with Crippen LogP contribution in [0.4, 0.5) is 0 Å². The van der Waals surface area contributed by atoms with Crippen molar-refractivity contribution in [1.29, 1.82) is 0 Å². The van der Waals surface area contributed by atoms with Crippen molar-refractivity contribution in [1.82, 2.24) is 20.2 Å². The number of aromatic nitrogens is 4. The Kier molecular flexibility index (Phi) is 3.37. The van der Waals surface area contributed by atoms with Crippen LogP contribution in [-0.4, -0.2) is 20.2 Å². The molecule has 3 aromatic rings. The second-order valence-corrected chi connectivity index (χ2v) is 4.63. The second-order valence-electron chi connectivity index (χ2n) is 4.07. The Balaban J connectivity index is 1.92. The number of para-hydroxylation sites is 1. The van der Waals surface area contributed by atoms with Crippen LogP contribution in [0.1, 0.15) is 5.56 Å². The van der Waals surface area contributed by atoms with Gasteiger partial charge in [-0.2, -0.15) is 0 Å². The van der Waals surface area contributed by atoms with E-state index in [-0.39, 0.29) is 0 Å². The van der Waals surface area contributed by atoms with Gasteiger partial charge in [-0.25, -0.2) is 0 Å². The maximum absolute atomic E-state index is 4.39. The smallest absolute Gasteiger partial charge is 0.130 e. The predicted molar refractivity (Wildman–Crippen MR) is 77.2 cm³/mol. The summed E-state index contributed by atoms with van der Waals surface area (Å²) in [7, 11) is 0. The lowest BCUT2D eigenvalue weighted by molar-refractivity contribution is 0.720. The molecule has 4 nitrogen and oxygen atoms in total. The number of alkyl halides is 1. The fourth-order valence-electron chi connectivity index (χ4n) is 1.74. The number of benzene rings is 2. The highest BCUT2D eigenvalue weighted by Crippen LogP contribution is 2.16. The summed E-state index contributed by atoms with van der Waals surface area (Å²) >= 11 is 3.43. The molecule has 0 aliphatic rings. The molecule has 0 radical (unpaired) electrons. The molecule has 0 fully saturated rings. The lowest BCUT2D eigenvalue weighted by Crippen LogP contribution is -1.98. The predicted octanol–water partition coefficient (Wildman–Crippen LogP) is 3.22. The minimum Gasteiger partial charge on any atom is -0.130 e. The highest BCUT2D eigenvalue weighted by atomic mass is 79.9. The lowest BCUT2D eigenvalue weighted by Gasteiger charge is -1.97. The topological polar surface area (TPSA) is 43.6 Å². The van der Waals surface area contributed by atoms with Crippen molar-refractivity contribution < 1.29 is 0 Å². The van der Waals surface area contributed by atoms with E-state index in [1.54, 1.807) is 0 Å². The second kappa shape index (κ2) is 5.32. The average molecular weight is 315 g/mol. The first kappa shape index (κ1) is 12.0. The third-order valence-corrected chi connectivity index (χ3v) is 3.41. The number of nitrogens with zero attached hydrogens (tertiary/aromatic N) is 4. The van der Waals surface area contributed by atoms with E-state index in [9.17, 15) is 0 Å². The molecule has 94 valence electrons. The van der Waals surface area contributed by atoms with E-state index < -0.39 is 0 Å². The molecule has 0 N–H and O–H groups in total. The van der Waals surface area contributed by atoms with Gasteiger partial charge in [-0.1, -0.05) is 58.4 Å². The van der Waals surface area contributed by atoms with Crippen LogP contribution >= 0.6 is 15.9 Å². The zero-order chi connectivity index (χ0) is 13.1. The molecule has 0 bridgehead atoms. The molecule has 0 saturated heterocycles. The van der Waals surface area contributed by atoms with E-state index in [0.29, 0.717) is 5.82 Å². The number of halogens is 1. The average Bonchev–Trinajstić information content (AvgIpc) is 2.98. The Morgan fingerprint density at radius 2 is 1.68 bits per heavy atom. The Labute approximate surface area is 119 Å². The van der Waals surface area contributed by atoms with Crippen molar-refractivity contribution >= 4 is 15.9 Å². The monoisotopic (exact) mass is 314 g/mol. The first-order valence-corrected chi connectivity index (χ1v) is 7.00. The number of tetrazole rings is 1. The van der Waals surface area contributed by atoms with E-state index in [2.05, 4.69) is 31.3 Å². The van der Waals surface area contributed by atoms with Crippen molar-refractivity contribution in [2.75, 3.05) is 0 Å². The SMILES string of the molecule is BrCc1ccc(-c2nnn(-c3ccccc3)n2)cc1. The van der Waals surface area contributed by atoms with Crippen LogP contribution in [0.25, 0.3) is 17.1 Å². The number of hydrogen-bond donors (Lipinski definition) is 0. The Hall–Kier alpha value is -2.01. The van der Waals surface area contributed by atoms with E-state index in [0.717, 1.165) is 16.6 Å². The summed E-state index contributed by atoms with van der Waals surface area (Å²) in [5.41, 5.74) is 3.09. The van der Waals surface area contributed by atoms with Crippen LogP contribution in [0.5, 0.6) is 0 Å². The quantitative estimate of drug-likeness (QED) is 0.697. The van der Waals surface area contributed by atoms with Gasteiger partial charge in [-0.3, -0.25) is 0 Å². The Bertz CT molecular complexity index is 661. The van der Waals surface area contributed by atoms with Crippen molar-refractivity contribution in [2.24, 2.45) is 0 Å². The molecule has 0 atom stereocenters. The largest absolute Gasteiger partial charge is 0.205 e. The molecule has 0 aliphatic carbocycles. The van der Waals surface area contributed by atoms with Gasteiger partial charge in [0.15, 0.2) is 0 Å². The Morgan fingerprint density at radius 1 is 0.947 bits per heavy atom. The fourth-order valence-corrected chi connectivity index (χ4v) is 2.12. The summed E-state index contributed by atoms with van der Waals surface area (Å²) < 4.78 is 0. The van der Waals surface area contributed by atoms with Crippen LogP contribution in [0.3, 0.4) is 0 Å². The minimum atomic E-state index is 0.630. The third kappa shape index (κ3) is 2.56. The molecular formula is C14H11BrN4. The molecule has 19 heavy (non-hydrogen) atoms. The molecule has 2 aromatic carbocycles. The summed E-state index contributed by atoms with van der Waals surface area (Å²) in [6, 6.07) is 17.8. The molecule has 0 unspecified atom stereocenters. The summed E-state index contributed by atoms with van der Waals surface area (Å²) in [4.78, 5) is 1.54. The van der Waals surface area contributed by atoms with Gasteiger partial charge in [0.1, 0.15) is 0 Å². The van der Waals surface area contributed by atoms with Crippen LogP contribution in [0.15, 0.2) is 54.6 Å². The number of hydrogen-bond acceptors (Lipinski definition) is 3. The minimum absolute atomic E-state index is 0.630. The van der Waals surface area contributed by atoms with Crippen molar-refractivity contribution in [3.05, 3.63) is 60.2 Å². The third-order valence-electron chi connectivity index (χ3n) is 2.77. The first-order chi connectivity index (χ1) is 9.36. The molecule has 1 aromatic heterocycles. The maximum Gasteiger partial charge on any atom is 0.205 e. The van der Waals surface area contributed by atoms with E-state index in [1.807, 2.05) is 54.6 Å². The van der Waals surface area contributed by atoms with E-state index in [4.69, 9.17) is 0 Å². The molecule has 0 spiro atoms. The highest BCUT2D eigenvalue weighted by Gasteiger charge is 2.06. The molecule has 0 aliphatic heterocycles. The zero-order valence-corrected chi connectivity index (χ0v) is 11.7. The zero-order valence-electron chi connectivity index (χ0n) is 10.1. The van der Waals surface area contributed by atoms with E-state index in [1.165, 1.54) is 10.4 Å². The van der Waals surface area contributed by atoms with Crippen molar-refractivity contribution in [3.8, 4) is 17.1 Å². The molecule has 0 amide bonds. The lowest BCUT2D eigenvalue weighted by atomic mass is 10.1. The van der Waals surface area contributed by atoms with Gasteiger partial charge >= 0.3 is 0 Å². The van der Waals surface area contributed by atoms with Crippen molar-refractivity contribution in [3.63, 3.8) is 0 Å². The van der Waals surface area contributed by atoms with Gasteiger partial charge in [0.05, 0.1) is 5.69 Å². The molecule has 0 saturated carbocycles. The van der Waals surface area contributed by atoms with Gasteiger partial charge < -0.3 is 0 Å². The molecular weight excluding hydrogens is 304 g/mol. The summed E-state index contributed by atoms with van der Waals surface area (Å²) in [6.45, 7) is 0. The van der Waals surface area contributed by atoms with Gasteiger partial charge in [-0.05, 0) is 22.9 Å². The van der Waals surface area contributed by atoms with Gasteiger partial charge in [-0.15, -0.1) is 15.0 Å². The first-order valence-electron chi connectivity index (χ1n) is 5.87. The van der Waals surface area contributed by atoms with Gasteiger partial charge in [0.2, 0.25) is 5.82 Å². The molecule has 1 heterocycles. The summed E-state index contributed by atoms with van der Waals surface area (Å²) in [5.74, 6) is 0.630. The van der Waals surface area contributed by atoms with E-state index >= 15 is 0 Å². The standard InChI is InChI=1S/C14H11BrN4/c15-10-11-6-8-12(9-7-11)14-16-18-19(17-14)13-4-2-1-3-5-13/h1-9H,10H2. The van der Waals surface area contributed by atoms with Crippen LogP contribution in [-0.2, 0) is 5.33 Å². The summed E-state index contributed by atoms with van der Waals surface area (Å²) in [6.07, 6.45) is 0. The van der Waals surface area contributed by atoms with Gasteiger partial charge in [0.25, 0.3) is 0 Å².